The van der Waals surface area contributed by atoms with E-state index in [0.717, 1.165) is 36.5 Å². The predicted octanol–water partition coefficient (Wildman–Crippen LogP) is 2.58. The molecule has 2 saturated carbocycles. The molecule has 94 valence electrons. The van der Waals surface area contributed by atoms with Crippen molar-refractivity contribution in [2.45, 2.75) is 51.4 Å². The van der Waals surface area contributed by atoms with Gasteiger partial charge in [-0.3, -0.25) is 0 Å². The van der Waals surface area contributed by atoms with Crippen LogP contribution in [0.2, 0.25) is 0 Å². The second kappa shape index (κ2) is 6.02. The first-order valence-corrected chi connectivity index (χ1v) is 7.05. The predicted molar refractivity (Wildman–Crippen MR) is 65.1 cm³/mol. The fourth-order valence-corrected chi connectivity index (χ4v) is 3.97. The van der Waals surface area contributed by atoms with Crippen LogP contribution in [0.3, 0.4) is 0 Å². The minimum Gasteiger partial charge on any atom is -0.396 e. The van der Waals surface area contributed by atoms with Crippen molar-refractivity contribution in [3.05, 3.63) is 0 Å². The Morgan fingerprint density at radius 1 is 0.688 bits per heavy atom. The number of rotatable bonds is 4. The molecule has 16 heavy (non-hydrogen) atoms. The minimum atomic E-state index is 0.370. The van der Waals surface area contributed by atoms with Gasteiger partial charge in [-0.05, 0) is 62.2 Å². The molecule has 2 aliphatic rings. The molecule has 0 heterocycles. The highest BCUT2D eigenvalue weighted by atomic mass is 16.3. The Bertz CT molecular complexity index is 183. The van der Waals surface area contributed by atoms with Gasteiger partial charge >= 0.3 is 0 Å². The highest BCUT2D eigenvalue weighted by Crippen LogP contribution is 2.45. The summed E-state index contributed by atoms with van der Waals surface area (Å²) >= 11 is 0. The fraction of sp³-hybridized carbons (Fsp3) is 1.00. The topological polar surface area (TPSA) is 40.5 Å². The molecule has 2 aliphatic carbocycles. The Morgan fingerprint density at radius 2 is 1.12 bits per heavy atom. The van der Waals surface area contributed by atoms with Crippen molar-refractivity contribution in [3.63, 3.8) is 0 Å². The van der Waals surface area contributed by atoms with E-state index >= 15 is 0 Å². The Kier molecular flexibility index (Phi) is 4.66. The van der Waals surface area contributed by atoms with Crippen LogP contribution in [0.25, 0.3) is 0 Å². The zero-order chi connectivity index (χ0) is 11.4. The first-order valence-electron chi connectivity index (χ1n) is 7.05. The number of fused-ring (bicyclic) bond motifs is 1. The van der Waals surface area contributed by atoms with Crippen LogP contribution in [0.1, 0.15) is 51.4 Å². The summed E-state index contributed by atoms with van der Waals surface area (Å²) in [4.78, 5) is 0. The lowest BCUT2D eigenvalue weighted by Crippen LogP contribution is -2.31. The van der Waals surface area contributed by atoms with E-state index in [0.29, 0.717) is 13.2 Å². The van der Waals surface area contributed by atoms with Crippen LogP contribution >= 0.6 is 0 Å². The highest BCUT2D eigenvalue weighted by Gasteiger charge is 2.34. The molecule has 2 N–H and O–H groups in total. The van der Waals surface area contributed by atoms with Gasteiger partial charge < -0.3 is 10.2 Å². The standard InChI is InChI=1S/C14H26O2/c15-7-5-11-1-3-13-10-12(6-8-16)2-4-14(13)9-11/h11-16H,1-10H2. The van der Waals surface area contributed by atoms with Crippen molar-refractivity contribution in [1.82, 2.24) is 0 Å². The third kappa shape index (κ3) is 2.98. The lowest BCUT2D eigenvalue weighted by Gasteiger charge is -2.42. The average Bonchev–Trinajstić information content (AvgIpc) is 2.30. The van der Waals surface area contributed by atoms with Gasteiger partial charge in [0.1, 0.15) is 0 Å². The number of hydrogen-bond acceptors (Lipinski definition) is 2. The molecule has 2 nitrogen and oxygen atoms in total. The van der Waals surface area contributed by atoms with Crippen LogP contribution in [-0.4, -0.2) is 23.4 Å². The Labute approximate surface area is 99.1 Å². The second-order valence-corrected chi connectivity index (χ2v) is 5.90. The first kappa shape index (κ1) is 12.4. The maximum absolute atomic E-state index is 9.00. The third-order valence-electron chi connectivity index (χ3n) is 4.90. The van der Waals surface area contributed by atoms with Crippen molar-refractivity contribution in [2.75, 3.05) is 13.2 Å². The molecule has 0 aromatic rings. The lowest BCUT2D eigenvalue weighted by molar-refractivity contribution is 0.0784. The van der Waals surface area contributed by atoms with E-state index in [1.807, 2.05) is 0 Å². The summed E-state index contributed by atoms with van der Waals surface area (Å²) in [5.41, 5.74) is 0. The summed E-state index contributed by atoms with van der Waals surface area (Å²) in [7, 11) is 0. The smallest absolute Gasteiger partial charge is 0.0433 e. The molecule has 0 radical (unpaired) electrons. The van der Waals surface area contributed by atoms with Crippen molar-refractivity contribution in [1.29, 1.82) is 0 Å². The van der Waals surface area contributed by atoms with E-state index < -0.39 is 0 Å². The van der Waals surface area contributed by atoms with E-state index in [2.05, 4.69) is 0 Å². The molecule has 0 amide bonds. The van der Waals surface area contributed by atoms with Crippen LogP contribution in [-0.2, 0) is 0 Å². The quantitative estimate of drug-likeness (QED) is 0.773. The van der Waals surface area contributed by atoms with Gasteiger partial charge in [0.05, 0.1) is 0 Å². The molecule has 0 aromatic heterocycles. The van der Waals surface area contributed by atoms with Crippen molar-refractivity contribution in [3.8, 4) is 0 Å². The maximum atomic E-state index is 9.00. The van der Waals surface area contributed by atoms with Gasteiger partial charge in [0, 0.05) is 13.2 Å². The van der Waals surface area contributed by atoms with E-state index in [-0.39, 0.29) is 0 Å². The molecule has 4 atom stereocenters. The number of aliphatic hydroxyl groups excluding tert-OH is 2. The fourth-order valence-electron chi connectivity index (χ4n) is 3.97. The molecule has 0 saturated heterocycles. The molecule has 2 heteroatoms. The number of aliphatic hydroxyl groups is 2. The minimum absolute atomic E-state index is 0.370. The van der Waals surface area contributed by atoms with Gasteiger partial charge in [-0.2, -0.15) is 0 Å². The van der Waals surface area contributed by atoms with E-state index in [1.165, 1.54) is 38.5 Å². The van der Waals surface area contributed by atoms with Gasteiger partial charge in [-0.15, -0.1) is 0 Å². The van der Waals surface area contributed by atoms with Crippen LogP contribution in [0, 0.1) is 23.7 Å². The maximum Gasteiger partial charge on any atom is 0.0433 e. The molecule has 2 fully saturated rings. The Morgan fingerprint density at radius 3 is 1.50 bits per heavy atom. The SMILES string of the molecule is OCCC1CCC2CC(CCO)CCC2C1. The van der Waals surface area contributed by atoms with Gasteiger partial charge in [0.25, 0.3) is 0 Å². The van der Waals surface area contributed by atoms with Crippen LogP contribution in [0.15, 0.2) is 0 Å². The molecule has 0 spiro atoms. The Hall–Kier alpha value is -0.0800. The molecule has 0 bridgehead atoms. The first-order chi connectivity index (χ1) is 7.83. The molecule has 2 rings (SSSR count). The van der Waals surface area contributed by atoms with E-state index in [1.54, 1.807) is 0 Å². The molecule has 0 aromatic carbocycles. The van der Waals surface area contributed by atoms with Crippen molar-refractivity contribution in [2.24, 2.45) is 23.7 Å². The molecular weight excluding hydrogens is 200 g/mol. The Balaban J connectivity index is 1.80. The second-order valence-electron chi connectivity index (χ2n) is 5.90. The lowest BCUT2D eigenvalue weighted by atomic mass is 9.64. The monoisotopic (exact) mass is 226 g/mol. The zero-order valence-corrected chi connectivity index (χ0v) is 10.3. The van der Waals surface area contributed by atoms with Crippen LogP contribution < -0.4 is 0 Å². The van der Waals surface area contributed by atoms with E-state index in [4.69, 9.17) is 10.2 Å². The normalized spacial score (nSPS) is 39.4. The highest BCUT2D eigenvalue weighted by molar-refractivity contribution is 4.86. The summed E-state index contributed by atoms with van der Waals surface area (Å²) in [5.74, 6) is 3.45. The summed E-state index contributed by atoms with van der Waals surface area (Å²) in [6.45, 7) is 0.740. The van der Waals surface area contributed by atoms with Crippen LogP contribution in [0.5, 0.6) is 0 Å². The summed E-state index contributed by atoms with van der Waals surface area (Å²) in [6.07, 6.45) is 10.1. The number of hydrogen-bond donors (Lipinski definition) is 2. The molecular formula is C14H26O2. The summed E-state index contributed by atoms with van der Waals surface area (Å²) < 4.78 is 0. The third-order valence-corrected chi connectivity index (χ3v) is 4.90. The largest absolute Gasteiger partial charge is 0.396 e. The van der Waals surface area contributed by atoms with Gasteiger partial charge in [0.2, 0.25) is 0 Å². The summed E-state index contributed by atoms with van der Waals surface area (Å²) in [6, 6.07) is 0. The zero-order valence-electron chi connectivity index (χ0n) is 10.3. The summed E-state index contributed by atoms with van der Waals surface area (Å²) in [5, 5.41) is 18.0. The van der Waals surface area contributed by atoms with Crippen molar-refractivity contribution < 1.29 is 10.2 Å². The molecule has 4 unspecified atom stereocenters. The van der Waals surface area contributed by atoms with Crippen LogP contribution in [0.4, 0.5) is 0 Å². The van der Waals surface area contributed by atoms with Gasteiger partial charge in [-0.25, -0.2) is 0 Å². The van der Waals surface area contributed by atoms with E-state index in [9.17, 15) is 0 Å². The molecule has 0 aliphatic heterocycles. The van der Waals surface area contributed by atoms with Gasteiger partial charge in [0.15, 0.2) is 0 Å². The average molecular weight is 226 g/mol. The van der Waals surface area contributed by atoms with Gasteiger partial charge in [-0.1, -0.05) is 12.8 Å². The van der Waals surface area contributed by atoms with Crippen molar-refractivity contribution >= 4 is 0 Å².